The summed E-state index contributed by atoms with van der Waals surface area (Å²) in [5.41, 5.74) is 0. The molecule has 0 aromatic rings. The summed E-state index contributed by atoms with van der Waals surface area (Å²) in [5.74, 6) is 0. The van der Waals surface area contributed by atoms with Gasteiger partial charge in [0.05, 0.1) is 0 Å². The van der Waals surface area contributed by atoms with Crippen molar-refractivity contribution in [2.24, 2.45) is 0 Å². The lowest BCUT2D eigenvalue weighted by Gasteiger charge is -2.22. The van der Waals surface area contributed by atoms with E-state index in [4.69, 9.17) is 11.6 Å². The highest BCUT2D eigenvalue weighted by atomic mass is 35.5. The maximum absolute atomic E-state index is 6.54. The van der Waals surface area contributed by atoms with E-state index in [1.807, 2.05) is 0 Å². The number of alkyl halides is 1. The standard InChI is InChI=1S/C15H29Cl/c1-15(16)13-11-9-7-5-3-2-4-6-8-10-12-14-15/h2-14H2,1H3. The van der Waals surface area contributed by atoms with Gasteiger partial charge in [-0.1, -0.05) is 70.6 Å². The van der Waals surface area contributed by atoms with Gasteiger partial charge in [0.25, 0.3) is 0 Å². The zero-order valence-electron chi connectivity index (χ0n) is 11.1. The minimum Gasteiger partial charge on any atom is -0.120 e. The third-order valence-corrected chi connectivity index (χ3v) is 4.27. The average molecular weight is 245 g/mol. The van der Waals surface area contributed by atoms with Crippen molar-refractivity contribution in [2.45, 2.75) is 95.3 Å². The summed E-state index contributed by atoms with van der Waals surface area (Å²) < 4.78 is 0. The van der Waals surface area contributed by atoms with E-state index < -0.39 is 0 Å². The number of halogens is 1. The third-order valence-electron chi connectivity index (χ3n) is 3.90. The molecule has 0 radical (unpaired) electrons. The van der Waals surface area contributed by atoms with Gasteiger partial charge in [0, 0.05) is 4.87 Å². The van der Waals surface area contributed by atoms with E-state index >= 15 is 0 Å². The van der Waals surface area contributed by atoms with Crippen molar-refractivity contribution in [1.29, 1.82) is 0 Å². The van der Waals surface area contributed by atoms with Crippen LogP contribution in [-0.2, 0) is 0 Å². The molecule has 0 aromatic heterocycles. The van der Waals surface area contributed by atoms with Gasteiger partial charge in [-0.25, -0.2) is 0 Å². The van der Waals surface area contributed by atoms with Crippen LogP contribution in [-0.4, -0.2) is 4.87 Å². The van der Waals surface area contributed by atoms with Gasteiger partial charge in [0.2, 0.25) is 0 Å². The molecule has 1 saturated carbocycles. The third kappa shape index (κ3) is 7.54. The fourth-order valence-corrected chi connectivity index (χ4v) is 2.97. The van der Waals surface area contributed by atoms with Gasteiger partial charge < -0.3 is 0 Å². The SMILES string of the molecule is CC1(Cl)CCCCCCCCCCCCC1. The zero-order chi connectivity index (χ0) is 11.7. The van der Waals surface area contributed by atoms with E-state index in [0.717, 1.165) is 0 Å². The molecule has 1 heteroatoms. The predicted molar refractivity (Wildman–Crippen MR) is 74.3 cm³/mol. The lowest BCUT2D eigenvalue weighted by Crippen LogP contribution is -2.15. The molecule has 1 fully saturated rings. The molecule has 0 N–H and O–H groups in total. The van der Waals surface area contributed by atoms with Crippen LogP contribution in [0.1, 0.15) is 90.4 Å². The van der Waals surface area contributed by atoms with Crippen molar-refractivity contribution >= 4 is 11.6 Å². The monoisotopic (exact) mass is 244 g/mol. The van der Waals surface area contributed by atoms with Gasteiger partial charge in [0.15, 0.2) is 0 Å². The molecule has 16 heavy (non-hydrogen) atoms. The molecular formula is C15H29Cl. The van der Waals surface area contributed by atoms with Crippen LogP contribution in [0.4, 0.5) is 0 Å². The molecule has 1 rings (SSSR count). The van der Waals surface area contributed by atoms with Crippen LogP contribution in [0.3, 0.4) is 0 Å². The Labute approximate surface area is 107 Å². The van der Waals surface area contributed by atoms with Crippen molar-refractivity contribution in [3.8, 4) is 0 Å². The van der Waals surface area contributed by atoms with Crippen molar-refractivity contribution in [2.75, 3.05) is 0 Å². The molecule has 0 unspecified atom stereocenters. The van der Waals surface area contributed by atoms with Crippen LogP contribution in [0.5, 0.6) is 0 Å². The average Bonchev–Trinajstić information content (AvgIpc) is 2.24. The van der Waals surface area contributed by atoms with Gasteiger partial charge in [-0.3, -0.25) is 0 Å². The van der Waals surface area contributed by atoms with E-state index in [1.54, 1.807) is 0 Å². The van der Waals surface area contributed by atoms with E-state index in [9.17, 15) is 0 Å². The second-order valence-corrected chi connectivity index (χ2v) is 6.71. The van der Waals surface area contributed by atoms with E-state index in [1.165, 1.54) is 83.5 Å². The predicted octanol–water partition coefficient (Wildman–Crippen LogP) is 6.07. The number of hydrogen-bond acceptors (Lipinski definition) is 0. The largest absolute Gasteiger partial charge is 0.120 e. The number of hydrogen-bond donors (Lipinski definition) is 0. The Kier molecular flexibility index (Phi) is 7.53. The lowest BCUT2D eigenvalue weighted by molar-refractivity contribution is 0.448. The summed E-state index contributed by atoms with van der Waals surface area (Å²) in [6.07, 6.45) is 18.0. The molecule has 96 valence electrons. The van der Waals surface area contributed by atoms with Gasteiger partial charge in [-0.15, -0.1) is 11.6 Å². The fourth-order valence-electron chi connectivity index (χ4n) is 2.70. The zero-order valence-corrected chi connectivity index (χ0v) is 11.8. The van der Waals surface area contributed by atoms with Crippen molar-refractivity contribution < 1.29 is 0 Å². The van der Waals surface area contributed by atoms with Gasteiger partial charge in [-0.05, 0) is 19.8 Å². The summed E-state index contributed by atoms with van der Waals surface area (Å²) in [5, 5.41) is 0. The highest BCUT2D eigenvalue weighted by molar-refractivity contribution is 6.23. The van der Waals surface area contributed by atoms with Gasteiger partial charge in [0.1, 0.15) is 0 Å². The van der Waals surface area contributed by atoms with Crippen molar-refractivity contribution in [3.63, 3.8) is 0 Å². The minimum absolute atomic E-state index is 0.0874. The molecule has 1 aliphatic rings. The van der Waals surface area contributed by atoms with Gasteiger partial charge in [-0.2, -0.15) is 0 Å². The maximum Gasteiger partial charge on any atom is 0.0418 e. The molecule has 0 atom stereocenters. The summed E-state index contributed by atoms with van der Waals surface area (Å²) in [6.45, 7) is 2.24. The molecule has 0 aromatic carbocycles. The summed E-state index contributed by atoms with van der Waals surface area (Å²) in [7, 11) is 0. The van der Waals surface area contributed by atoms with Crippen LogP contribution < -0.4 is 0 Å². The molecule has 0 saturated heterocycles. The van der Waals surface area contributed by atoms with Crippen LogP contribution in [0, 0.1) is 0 Å². The smallest absolute Gasteiger partial charge is 0.0418 e. The molecule has 0 nitrogen and oxygen atoms in total. The first-order valence-corrected chi connectivity index (χ1v) is 7.77. The van der Waals surface area contributed by atoms with Crippen molar-refractivity contribution in [1.82, 2.24) is 0 Å². The highest BCUT2D eigenvalue weighted by Gasteiger charge is 2.19. The first kappa shape index (κ1) is 14.4. The molecule has 0 bridgehead atoms. The van der Waals surface area contributed by atoms with Crippen LogP contribution in [0.15, 0.2) is 0 Å². The summed E-state index contributed by atoms with van der Waals surface area (Å²) in [6, 6.07) is 0. The normalized spacial score (nSPS) is 25.9. The van der Waals surface area contributed by atoms with Gasteiger partial charge >= 0.3 is 0 Å². The molecule has 0 amide bonds. The molecule has 0 heterocycles. The van der Waals surface area contributed by atoms with Crippen LogP contribution in [0.2, 0.25) is 0 Å². The van der Waals surface area contributed by atoms with E-state index in [-0.39, 0.29) is 4.87 Å². The number of rotatable bonds is 0. The Morgan fingerprint density at radius 2 is 0.812 bits per heavy atom. The Hall–Kier alpha value is 0.290. The van der Waals surface area contributed by atoms with Crippen molar-refractivity contribution in [3.05, 3.63) is 0 Å². The Bertz CT molecular complexity index is 147. The topological polar surface area (TPSA) is 0 Å². The second kappa shape index (κ2) is 8.39. The van der Waals surface area contributed by atoms with Crippen LogP contribution >= 0.6 is 11.6 Å². The first-order valence-electron chi connectivity index (χ1n) is 7.40. The Morgan fingerprint density at radius 1 is 0.562 bits per heavy atom. The first-order chi connectivity index (χ1) is 7.71. The quantitative estimate of drug-likeness (QED) is 0.454. The Balaban J connectivity index is 2.22. The fraction of sp³-hybridized carbons (Fsp3) is 1.00. The summed E-state index contributed by atoms with van der Waals surface area (Å²) >= 11 is 6.54. The molecule has 1 aliphatic carbocycles. The molecule has 0 aliphatic heterocycles. The second-order valence-electron chi connectivity index (χ2n) is 5.80. The summed E-state index contributed by atoms with van der Waals surface area (Å²) in [4.78, 5) is 0.0874. The maximum atomic E-state index is 6.54. The lowest BCUT2D eigenvalue weighted by atomic mass is 9.94. The van der Waals surface area contributed by atoms with E-state index in [2.05, 4.69) is 6.92 Å². The Morgan fingerprint density at radius 3 is 1.12 bits per heavy atom. The molecular weight excluding hydrogens is 216 g/mol. The molecule has 0 spiro atoms. The van der Waals surface area contributed by atoms with E-state index in [0.29, 0.717) is 0 Å². The highest BCUT2D eigenvalue weighted by Crippen LogP contribution is 2.29. The van der Waals surface area contributed by atoms with Crippen LogP contribution in [0.25, 0.3) is 0 Å². The minimum atomic E-state index is 0.0874.